The second kappa shape index (κ2) is 5.36. The van der Waals surface area contributed by atoms with Crippen molar-refractivity contribution < 1.29 is 25.6 Å². The lowest BCUT2D eigenvalue weighted by atomic mass is 10.3. The zero-order chi connectivity index (χ0) is 14.8. The van der Waals surface area contributed by atoms with Crippen molar-refractivity contribution in [1.29, 1.82) is 0 Å². The molecule has 19 heavy (non-hydrogen) atoms. The van der Waals surface area contributed by atoms with Crippen molar-refractivity contribution in [3.8, 4) is 0 Å². The molecular weight excluding hydrogens is 304 g/mol. The standard InChI is InChI=1S/C8H11F2N3O4S2/c9-6-3-5(11)4-7(8(6)10)19(16,17)13-1-2-18(12,14)15/h3-4,13H,1-2,11H2,(H2,12,14,15). The molecule has 0 aliphatic heterocycles. The molecule has 0 amide bonds. The predicted molar refractivity (Wildman–Crippen MR) is 63.9 cm³/mol. The van der Waals surface area contributed by atoms with Crippen LogP contribution in [-0.4, -0.2) is 29.1 Å². The molecule has 0 radical (unpaired) electrons. The van der Waals surface area contributed by atoms with Crippen molar-refractivity contribution in [2.45, 2.75) is 4.90 Å². The molecule has 0 heterocycles. The van der Waals surface area contributed by atoms with Gasteiger partial charge in [0.05, 0.1) is 5.75 Å². The van der Waals surface area contributed by atoms with Gasteiger partial charge in [0, 0.05) is 12.2 Å². The fraction of sp³-hybridized carbons (Fsp3) is 0.250. The van der Waals surface area contributed by atoms with Crippen LogP contribution < -0.4 is 15.6 Å². The lowest BCUT2D eigenvalue weighted by molar-refractivity contribution is 0.484. The normalized spacial score (nSPS) is 12.6. The van der Waals surface area contributed by atoms with Gasteiger partial charge in [-0.1, -0.05) is 0 Å². The van der Waals surface area contributed by atoms with Crippen LogP contribution in [0.4, 0.5) is 14.5 Å². The third kappa shape index (κ3) is 4.38. The molecule has 7 nitrogen and oxygen atoms in total. The van der Waals surface area contributed by atoms with Gasteiger partial charge in [-0.3, -0.25) is 0 Å². The number of nitrogens with two attached hydrogens (primary N) is 2. The first kappa shape index (κ1) is 15.8. The molecule has 1 rings (SSSR count). The predicted octanol–water partition coefficient (Wildman–Crippen LogP) is -0.886. The number of hydrogen-bond acceptors (Lipinski definition) is 5. The molecule has 0 saturated carbocycles. The van der Waals surface area contributed by atoms with Gasteiger partial charge in [-0.2, -0.15) is 0 Å². The van der Waals surface area contributed by atoms with Crippen LogP contribution in [0, 0.1) is 11.6 Å². The molecule has 108 valence electrons. The molecule has 11 heteroatoms. The highest BCUT2D eigenvalue weighted by atomic mass is 32.2. The average Bonchev–Trinajstić information content (AvgIpc) is 2.20. The molecule has 0 atom stereocenters. The molecule has 1 aromatic rings. The van der Waals surface area contributed by atoms with E-state index in [-0.39, 0.29) is 5.69 Å². The van der Waals surface area contributed by atoms with Crippen molar-refractivity contribution in [2.24, 2.45) is 5.14 Å². The summed E-state index contributed by atoms with van der Waals surface area (Å²) in [5.41, 5.74) is 4.92. The van der Waals surface area contributed by atoms with Crippen molar-refractivity contribution >= 4 is 25.7 Å². The smallest absolute Gasteiger partial charge is 0.243 e. The van der Waals surface area contributed by atoms with Crippen LogP contribution in [0.15, 0.2) is 17.0 Å². The Kier molecular flexibility index (Phi) is 4.45. The van der Waals surface area contributed by atoms with E-state index in [0.717, 1.165) is 6.07 Å². The van der Waals surface area contributed by atoms with Gasteiger partial charge in [0.1, 0.15) is 4.90 Å². The van der Waals surface area contributed by atoms with Crippen LogP contribution in [0.2, 0.25) is 0 Å². The minimum Gasteiger partial charge on any atom is -0.399 e. The number of hydrogen-bond donors (Lipinski definition) is 3. The Morgan fingerprint density at radius 3 is 2.26 bits per heavy atom. The summed E-state index contributed by atoms with van der Waals surface area (Å²) in [4.78, 5) is -1.00. The van der Waals surface area contributed by atoms with Gasteiger partial charge < -0.3 is 5.73 Å². The van der Waals surface area contributed by atoms with Crippen molar-refractivity contribution in [2.75, 3.05) is 18.0 Å². The number of sulfonamides is 2. The number of halogens is 2. The third-order valence-corrected chi connectivity index (χ3v) is 4.22. The minimum atomic E-state index is -4.42. The highest BCUT2D eigenvalue weighted by Gasteiger charge is 2.22. The summed E-state index contributed by atoms with van der Waals surface area (Å²) < 4.78 is 72.6. The molecule has 0 aliphatic carbocycles. The van der Waals surface area contributed by atoms with Gasteiger partial charge in [-0.25, -0.2) is 35.5 Å². The number of nitrogen functional groups attached to an aromatic ring is 1. The Bertz CT molecular complexity index is 688. The zero-order valence-electron chi connectivity index (χ0n) is 9.43. The van der Waals surface area contributed by atoms with Gasteiger partial charge in [0.15, 0.2) is 11.6 Å². The van der Waals surface area contributed by atoms with E-state index in [1.807, 2.05) is 0 Å². The number of nitrogens with one attached hydrogen (secondary N) is 1. The van der Waals surface area contributed by atoms with Crippen LogP contribution in [0.5, 0.6) is 0 Å². The van der Waals surface area contributed by atoms with E-state index in [9.17, 15) is 25.6 Å². The van der Waals surface area contributed by atoms with Crippen LogP contribution in [0.25, 0.3) is 0 Å². The maximum absolute atomic E-state index is 13.3. The van der Waals surface area contributed by atoms with E-state index in [4.69, 9.17) is 5.73 Å². The van der Waals surface area contributed by atoms with Gasteiger partial charge >= 0.3 is 0 Å². The quantitative estimate of drug-likeness (QED) is 0.607. The van der Waals surface area contributed by atoms with Crippen molar-refractivity contribution in [1.82, 2.24) is 4.72 Å². The van der Waals surface area contributed by atoms with Crippen LogP contribution in [-0.2, 0) is 20.0 Å². The van der Waals surface area contributed by atoms with Crippen molar-refractivity contribution in [3.05, 3.63) is 23.8 Å². The third-order valence-electron chi connectivity index (χ3n) is 1.99. The maximum atomic E-state index is 13.3. The first-order valence-corrected chi connectivity index (χ1v) is 7.97. The molecule has 0 aromatic heterocycles. The molecule has 0 saturated heterocycles. The van der Waals surface area contributed by atoms with Gasteiger partial charge in [-0.05, 0) is 12.1 Å². The van der Waals surface area contributed by atoms with E-state index in [2.05, 4.69) is 5.14 Å². The van der Waals surface area contributed by atoms with Crippen LogP contribution in [0.1, 0.15) is 0 Å². The minimum absolute atomic E-state index is 0.286. The fourth-order valence-electron chi connectivity index (χ4n) is 1.18. The lowest BCUT2D eigenvalue weighted by Gasteiger charge is -2.08. The summed E-state index contributed by atoms with van der Waals surface area (Å²) >= 11 is 0. The molecule has 0 fully saturated rings. The summed E-state index contributed by atoms with van der Waals surface area (Å²) in [6.45, 7) is -0.572. The van der Waals surface area contributed by atoms with Gasteiger partial charge in [0.2, 0.25) is 20.0 Å². The topological polar surface area (TPSA) is 132 Å². The Labute approximate surface area is 108 Å². The molecule has 0 unspecified atom stereocenters. The first-order chi connectivity index (χ1) is 8.53. The Morgan fingerprint density at radius 1 is 1.16 bits per heavy atom. The number of benzene rings is 1. The molecule has 0 spiro atoms. The SMILES string of the molecule is Nc1cc(F)c(F)c(S(=O)(=O)NCCS(N)(=O)=O)c1. The van der Waals surface area contributed by atoms with Crippen LogP contribution >= 0.6 is 0 Å². The molecular formula is C8H11F2N3O4S2. The second-order valence-corrected chi connectivity index (χ2v) is 7.05. The Balaban J connectivity index is 3.02. The summed E-state index contributed by atoms with van der Waals surface area (Å²) in [6, 6.07) is 1.34. The van der Waals surface area contributed by atoms with E-state index >= 15 is 0 Å². The molecule has 5 N–H and O–H groups in total. The van der Waals surface area contributed by atoms with E-state index in [1.165, 1.54) is 0 Å². The molecule has 1 aromatic carbocycles. The summed E-state index contributed by atoms with van der Waals surface area (Å²) in [5.74, 6) is -3.71. The maximum Gasteiger partial charge on any atom is 0.243 e. The largest absolute Gasteiger partial charge is 0.399 e. The first-order valence-electron chi connectivity index (χ1n) is 4.77. The van der Waals surface area contributed by atoms with Crippen molar-refractivity contribution in [3.63, 3.8) is 0 Å². The Morgan fingerprint density at radius 2 is 1.74 bits per heavy atom. The van der Waals surface area contributed by atoms with E-state index < -0.39 is 48.9 Å². The zero-order valence-corrected chi connectivity index (χ0v) is 11.1. The van der Waals surface area contributed by atoms with Crippen LogP contribution in [0.3, 0.4) is 0 Å². The van der Waals surface area contributed by atoms with Gasteiger partial charge in [0.25, 0.3) is 0 Å². The monoisotopic (exact) mass is 315 g/mol. The fourth-order valence-corrected chi connectivity index (χ4v) is 2.84. The number of rotatable bonds is 5. The highest BCUT2D eigenvalue weighted by molar-refractivity contribution is 7.90. The molecule has 0 aliphatic rings. The highest BCUT2D eigenvalue weighted by Crippen LogP contribution is 2.20. The summed E-state index contributed by atoms with van der Waals surface area (Å²) in [7, 11) is -8.30. The second-order valence-electron chi connectivity index (χ2n) is 3.58. The van der Waals surface area contributed by atoms with Gasteiger partial charge in [-0.15, -0.1) is 0 Å². The Hall–Kier alpha value is -1.30. The lowest BCUT2D eigenvalue weighted by Crippen LogP contribution is -2.32. The summed E-state index contributed by atoms with van der Waals surface area (Å²) in [5, 5.41) is 4.66. The summed E-state index contributed by atoms with van der Waals surface area (Å²) in [6.07, 6.45) is 0. The van der Waals surface area contributed by atoms with E-state index in [1.54, 1.807) is 4.72 Å². The average molecular weight is 315 g/mol. The molecule has 0 bridgehead atoms. The number of anilines is 1. The number of primary sulfonamides is 1. The van der Waals surface area contributed by atoms with E-state index in [0.29, 0.717) is 6.07 Å².